The molecule has 0 saturated carbocycles. The summed E-state index contributed by atoms with van der Waals surface area (Å²) in [6, 6.07) is 2.17. The highest BCUT2D eigenvalue weighted by Crippen LogP contribution is 2.30. The molecular weight excluding hydrogens is 172 g/mol. The van der Waals surface area contributed by atoms with E-state index in [-0.39, 0.29) is 6.10 Å². The Morgan fingerprint density at radius 3 is 3.50 bits per heavy atom. The van der Waals surface area contributed by atoms with E-state index < -0.39 is 0 Å². The Labute approximate surface area is 75.5 Å². The Morgan fingerprint density at radius 1 is 1.75 bits per heavy atom. The molecule has 1 aromatic heterocycles. The molecule has 12 heavy (non-hydrogen) atoms. The van der Waals surface area contributed by atoms with Crippen molar-refractivity contribution in [2.45, 2.75) is 12.5 Å². The lowest BCUT2D eigenvalue weighted by molar-refractivity contribution is 0.0457. The first kappa shape index (κ1) is 8.19. The minimum Gasteiger partial charge on any atom is -0.371 e. The molecule has 2 rings (SSSR count). The molecule has 1 aliphatic rings. The van der Waals surface area contributed by atoms with Crippen molar-refractivity contribution in [3.8, 4) is 0 Å². The largest absolute Gasteiger partial charge is 0.371 e. The van der Waals surface area contributed by atoms with Crippen LogP contribution in [0.3, 0.4) is 0 Å². The zero-order valence-corrected chi connectivity index (χ0v) is 7.56. The lowest BCUT2D eigenvalue weighted by atomic mass is 10.1. The molecule has 4 heteroatoms. The van der Waals surface area contributed by atoms with Gasteiger partial charge in [0, 0.05) is 11.4 Å². The predicted octanol–water partition coefficient (Wildman–Crippen LogP) is 0.825. The van der Waals surface area contributed by atoms with E-state index in [9.17, 15) is 0 Å². The molecule has 0 amide bonds. The van der Waals surface area contributed by atoms with E-state index >= 15 is 0 Å². The average molecular weight is 184 g/mol. The molecular formula is C8H12N2OS. The number of hydrazine groups is 1. The molecule has 1 aliphatic heterocycles. The van der Waals surface area contributed by atoms with Gasteiger partial charge in [-0.15, -0.1) is 11.3 Å². The average Bonchev–Trinajstić information content (AvgIpc) is 2.53. The number of nitrogens with one attached hydrogen (secondary N) is 1. The molecule has 66 valence electrons. The van der Waals surface area contributed by atoms with Crippen LogP contribution in [0.5, 0.6) is 0 Å². The summed E-state index contributed by atoms with van der Waals surface area (Å²) in [4.78, 5) is 1.33. The lowest BCUT2D eigenvalue weighted by Crippen LogP contribution is -2.30. The summed E-state index contributed by atoms with van der Waals surface area (Å²) in [5.74, 6) is 5.26. The van der Waals surface area contributed by atoms with Gasteiger partial charge in [0.2, 0.25) is 0 Å². The van der Waals surface area contributed by atoms with E-state index in [0.717, 1.165) is 13.0 Å². The number of nitrogens with two attached hydrogens (primary N) is 1. The quantitative estimate of drug-likeness (QED) is 0.528. The third-order valence-corrected chi connectivity index (χ3v) is 3.12. The molecule has 0 saturated heterocycles. The van der Waals surface area contributed by atoms with Gasteiger partial charge >= 0.3 is 0 Å². The summed E-state index contributed by atoms with van der Waals surface area (Å²) in [5, 5.41) is 2.11. The number of rotatable bonds is 2. The summed E-state index contributed by atoms with van der Waals surface area (Å²) in [5.41, 5.74) is 4.07. The maximum atomic E-state index is 5.57. The highest BCUT2D eigenvalue weighted by molar-refractivity contribution is 7.10. The molecule has 0 bridgehead atoms. The topological polar surface area (TPSA) is 47.3 Å². The third kappa shape index (κ3) is 1.38. The molecule has 0 fully saturated rings. The predicted molar refractivity (Wildman–Crippen MR) is 48.9 cm³/mol. The molecule has 0 unspecified atom stereocenters. The van der Waals surface area contributed by atoms with E-state index in [1.165, 1.54) is 10.4 Å². The SMILES string of the molecule is NNC[C@@H]1OCCc2ccsc21. The second-order valence-electron chi connectivity index (χ2n) is 2.83. The molecule has 0 radical (unpaired) electrons. The van der Waals surface area contributed by atoms with E-state index in [0.29, 0.717) is 6.54 Å². The van der Waals surface area contributed by atoms with Gasteiger partial charge in [0.15, 0.2) is 0 Å². The van der Waals surface area contributed by atoms with Crippen molar-refractivity contribution < 1.29 is 4.74 Å². The van der Waals surface area contributed by atoms with Crippen molar-refractivity contribution in [2.75, 3.05) is 13.2 Å². The third-order valence-electron chi connectivity index (χ3n) is 2.07. The number of hydrogen-bond acceptors (Lipinski definition) is 4. The van der Waals surface area contributed by atoms with Crippen molar-refractivity contribution in [1.82, 2.24) is 5.43 Å². The van der Waals surface area contributed by atoms with Crippen LogP contribution in [0.2, 0.25) is 0 Å². The van der Waals surface area contributed by atoms with Crippen LogP contribution in [0, 0.1) is 0 Å². The zero-order valence-electron chi connectivity index (χ0n) is 6.75. The van der Waals surface area contributed by atoms with Crippen LogP contribution in [-0.4, -0.2) is 13.2 Å². The fourth-order valence-corrected chi connectivity index (χ4v) is 2.49. The van der Waals surface area contributed by atoms with Gasteiger partial charge in [-0.25, -0.2) is 0 Å². The molecule has 0 spiro atoms. The van der Waals surface area contributed by atoms with Crippen molar-refractivity contribution >= 4 is 11.3 Å². The summed E-state index contributed by atoms with van der Waals surface area (Å²) in [6.07, 6.45) is 1.21. The minimum absolute atomic E-state index is 0.166. The van der Waals surface area contributed by atoms with Crippen molar-refractivity contribution in [3.05, 3.63) is 21.9 Å². The molecule has 2 heterocycles. The smallest absolute Gasteiger partial charge is 0.106 e. The van der Waals surface area contributed by atoms with Crippen molar-refractivity contribution in [3.63, 3.8) is 0 Å². The standard InChI is InChI=1S/C8H12N2OS/c9-10-5-7-8-6(1-3-11-7)2-4-12-8/h2,4,7,10H,1,3,5,9H2/t7-/m0/s1. The van der Waals surface area contributed by atoms with Gasteiger partial charge in [0.05, 0.1) is 6.61 Å². The Balaban J connectivity index is 2.19. The first-order chi connectivity index (χ1) is 5.92. The Kier molecular flexibility index (Phi) is 2.41. The Bertz CT molecular complexity index is 261. The first-order valence-corrected chi connectivity index (χ1v) is 4.91. The van der Waals surface area contributed by atoms with Gasteiger partial charge < -0.3 is 4.74 Å². The van der Waals surface area contributed by atoms with Crippen LogP contribution < -0.4 is 11.3 Å². The molecule has 3 N–H and O–H groups in total. The molecule has 0 aliphatic carbocycles. The van der Waals surface area contributed by atoms with Crippen LogP contribution in [0.25, 0.3) is 0 Å². The van der Waals surface area contributed by atoms with Crippen molar-refractivity contribution in [2.24, 2.45) is 5.84 Å². The zero-order chi connectivity index (χ0) is 8.39. The van der Waals surface area contributed by atoms with Crippen LogP contribution in [-0.2, 0) is 11.2 Å². The van der Waals surface area contributed by atoms with Crippen LogP contribution in [0.4, 0.5) is 0 Å². The normalized spacial score (nSPS) is 22.2. The number of ether oxygens (including phenoxy) is 1. The van der Waals surface area contributed by atoms with Crippen molar-refractivity contribution in [1.29, 1.82) is 0 Å². The molecule has 3 nitrogen and oxygen atoms in total. The highest BCUT2D eigenvalue weighted by atomic mass is 32.1. The first-order valence-electron chi connectivity index (χ1n) is 4.03. The maximum Gasteiger partial charge on any atom is 0.106 e. The second kappa shape index (κ2) is 3.53. The van der Waals surface area contributed by atoms with E-state index in [1.807, 2.05) is 0 Å². The van der Waals surface area contributed by atoms with E-state index in [4.69, 9.17) is 10.6 Å². The highest BCUT2D eigenvalue weighted by Gasteiger charge is 2.20. The van der Waals surface area contributed by atoms with Gasteiger partial charge in [-0.3, -0.25) is 11.3 Å². The van der Waals surface area contributed by atoms with Gasteiger partial charge in [0.1, 0.15) is 6.10 Å². The second-order valence-corrected chi connectivity index (χ2v) is 3.78. The number of thiophene rings is 1. The van der Waals surface area contributed by atoms with Crippen LogP contribution in [0.15, 0.2) is 11.4 Å². The summed E-state index contributed by atoms with van der Waals surface area (Å²) >= 11 is 1.75. The summed E-state index contributed by atoms with van der Waals surface area (Å²) in [7, 11) is 0. The van der Waals surface area contributed by atoms with Gasteiger partial charge in [-0.2, -0.15) is 0 Å². The Morgan fingerprint density at radius 2 is 2.67 bits per heavy atom. The maximum absolute atomic E-state index is 5.57. The summed E-state index contributed by atoms with van der Waals surface area (Å²) in [6.45, 7) is 1.52. The molecule has 0 aromatic carbocycles. The number of fused-ring (bicyclic) bond motifs is 1. The van der Waals surface area contributed by atoms with E-state index in [1.54, 1.807) is 11.3 Å². The van der Waals surface area contributed by atoms with Crippen LogP contribution in [0.1, 0.15) is 16.5 Å². The lowest BCUT2D eigenvalue weighted by Gasteiger charge is -2.22. The minimum atomic E-state index is 0.166. The fourth-order valence-electron chi connectivity index (χ4n) is 1.48. The van der Waals surface area contributed by atoms with E-state index in [2.05, 4.69) is 16.9 Å². The van der Waals surface area contributed by atoms with Gasteiger partial charge in [0.25, 0.3) is 0 Å². The summed E-state index contributed by atoms with van der Waals surface area (Å²) < 4.78 is 5.57. The fraction of sp³-hybridized carbons (Fsp3) is 0.500. The van der Waals surface area contributed by atoms with Gasteiger partial charge in [-0.1, -0.05) is 0 Å². The van der Waals surface area contributed by atoms with Gasteiger partial charge in [-0.05, 0) is 23.4 Å². The number of hydrogen-bond donors (Lipinski definition) is 2. The molecule has 1 atom stereocenters. The Hall–Kier alpha value is -0.420. The monoisotopic (exact) mass is 184 g/mol. The van der Waals surface area contributed by atoms with Crippen LogP contribution >= 0.6 is 11.3 Å². The molecule has 1 aromatic rings.